The van der Waals surface area contributed by atoms with Gasteiger partial charge in [0.15, 0.2) is 31.3 Å². The Bertz CT molecular complexity index is 1110. The number of hydrogen-bond acceptors (Lipinski definition) is 21. The molecule has 0 saturated carbocycles. The maximum atomic E-state index is 11.5. The maximum absolute atomic E-state index is 11.5. The van der Waals surface area contributed by atoms with Crippen LogP contribution < -0.4 is 0 Å². The molecule has 4 aliphatic heterocycles. The van der Waals surface area contributed by atoms with Gasteiger partial charge in [-0.1, -0.05) is 0 Å². The lowest BCUT2D eigenvalue weighted by molar-refractivity contribution is -0.386. The Morgan fingerprint density at radius 1 is 0.625 bits per heavy atom. The number of carbonyl (C=O) groups is 1. The van der Waals surface area contributed by atoms with E-state index in [2.05, 4.69) is 4.52 Å². The highest BCUT2D eigenvalue weighted by molar-refractivity contribution is 7.46. The van der Waals surface area contributed by atoms with Gasteiger partial charge in [-0.25, -0.2) is 9.36 Å². The molecular weight excluding hydrogens is 691 g/mol. The number of aliphatic carboxylic acids is 1. The molecule has 280 valence electrons. The van der Waals surface area contributed by atoms with Gasteiger partial charge in [-0.2, -0.15) is 0 Å². The van der Waals surface area contributed by atoms with E-state index in [9.17, 15) is 80.4 Å². The molecule has 0 spiro atoms. The maximum Gasteiger partial charge on any atom is 0.470 e. The van der Waals surface area contributed by atoms with Crippen LogP contribution in [0.1, 0.15) is 0 Å². The summed E-state index contributed by atoms with van der Waals surface area (Å²) >= 11 is 0. The lowest BCUT2D eigenvalue weighted by Crippen LogP contribution is -2.67. The number of rotatable bonds is 11. The lowest BCUT2D eigenvalue weighted by Gasteiger charge is -2.48. The van der Waals surface area contributed by atoms with Crippen LogP contribution in [0.25, 0.3) is 0 Å². The van der Waals surface area contributed by atoms with Gasteiger partial charge < -0.3 is 104 Å². The van der Waals surface area contributed by atoms with Gasteiger partial charge in [-0.15, -0.1) is 0 Å². The summed E-state index contributed by atoms with van der Waals surface area (Å²) in [5.41, 5.74) is 0. The number of aliphatic hydroxyl groups excluding tert-OH is 11. The first kappa shape index (κ1) is 39.6. The molecule has 4 saturated heterocycles. The lowest BCUT2D eigenvalue weighted by atomic mass is 9.95. The first-order valence-electron chi connectivity index (χ1n) is 14.3. The van der Waals surface area contributed by atoms with Gasteiger partial charge >= 0.3 is 13.8 Å². The van der Waals surface area contributed by atoms with E-state index >= 15 is 0 Å². The van der Waals surface area contributed by atoms with E-state index < -0.39 is 150 Å². The zero-order valence-corrected chi connectivity index (χ0v) is 25.3. The van der Waals surface area contributed by atoms with Gasteiger partial charge in [-0.05, 0) is 0 Å². The van der Waals surface area contributed by atoms with Crippen molar-refractivity contribution in [3.63, 3.8) is 0 Å². The highest BCUT2D eigenvalue weighted by Gasteiger charge is 2.56. The van der Waals surface area contributed by atoms with E-state index in [0.29, 0.717) is 0 Å². The van der Waals surface area contributed by atoms with Crippen LogP contribution in [0.15, 0.2) is 0 Å². The van der Waals surface area contributed by atoms with Crippen LogP contribution in [0.5, 0.6) is 0 Å². The van der Waals surface area contributed by atoms with Crippen molar-refractivity contribution in [2.75, 3.05) is 19.8 Å². The molecule has 19 atom stereocenters. The molecule has 25 heteroatoms. The molecule has 14 N–H and O–H groups in total. The van der Waals surface area contributed by atoms with Crippen LogP contribution >= 0.6 is 7.82 Å². The fourth-order valence-electron chi connectivity index (χ4n) is 5.49. The second kappa shape index (κ2) is 16.0. The predicted octanol–water partition coefficient (Wildman–Crippen LogP) is -8.90. The number of carboxylic acid groups (broad SMARTS) is 1. The third-order valence-electron chi connectivity index (χ3n) is 8.01. The zero-order valence-electron chi connectivity index (χ0n) is 24.4. The quantitative estimate of drug-likeness (QED) is 0.0877. The third-order valence-corrected chi connectivity index (χ3v) is 8.53. The van der Waals surface area contributed by atoms with Crippen LogP contribution in [0, 0.1) is 0 Å². The molecule has 4 heterocycles. The molecule has 4 fully saturated rings. The number of carboxylic acids is 1. The topological polar surface area (TPSA) is 391 Å². The fraction of sp³-hybridized carbons (Fsp3) is 0.957. The summed E-state index contributed by atoms with van der Waals surface area (Å²) < 4.78 is 52.9. The Labute approximate surface area is 268 Å². The standard InChI is InChI=1S/C23H39O24P/c24-1-5-8(28)16(12(32)22(41-5)43-14-4(26)3-40-20(36)18(14)47-48(37,38)39)45-23-13(33)15(7(27)6(2-25)42-23)44-21-11(31)9(29)10(30)17(46-21)19(34)35/h4-18,20-33,36H,1-3H2,(H,34,35)(H2,37,38,39)/t4-,5-,6-,7+,8+,9+,10+,11-,12-,13-,14+,15+,16+,17+,18-,20?,21-,22+,23+/m1/s1. The Hall–Kier alpha value is -1.14. The largest absolute Gasteiger partial charge is 0.479 e. The van der Waals surface area contributed by atoms with E-state index in [1.165, 1.54) is 0 Å². The van der Waals surface area contributed by atoms with E-state index in [0.717, 1.165) is 0 Å². The van der Waals surface area contributed by atoms with Gasteiger partial charge in [0, 0.05) is 0 Å². The monoisotopic (exact) mass is 730 g/mol. The normalized spacial score (nSPS) is 49.1. The predicted molar refractivity (Wildman–Crippen MR) is 139 cm³/mol. The number of aliphatic hydroxyl groups is 11. The Morgan fingerprint density at radius 2 is 1.08 bits per heavy atom. The minimum absolute atomic E-state index is 0.654. The van der Waals surface area contributed by atoms with E-state index in [1.54, 1.807) is 0 Å². The number of phosphoric acid groups is 1. The van der Waals surface area contributed by atoms with Crippen molar-refractivity contribution >= 4 is 13.8 Å². The van der Waals surface area contributed by atoms with E-state index in [4.69, 9.17) is 33.2 Å². The third kappa shape index (κ3) is 8.48. The van der Waals surface area contributed by atoms with Crippen molar-refractivity contribution in [3.05, 3.63) is 0 Å². The first-order valence-corrected chi connectivity index (χ1v) is 15.8. The SMILES string of the molecule is O=C(O)[C@H]1O[C@@H](O[C@H]2[C@@H](O)[C@@H](CO)O[C@@H](O[C@H]3[C@@H](O)[C@@H](CO)O[C@@H](O[C@H]4[C@H](O)COC(O)[C@@H]4OP(=O)(O)O)[C@@H]3O)[C@@H]2O)[C@H](O)[C@@H](O)[C@@H]1O. The van der Waals surface area contributed by atoms with Gasteiger partial charge in [0.1, 0.15) is 85.5 Å². The van der Waals surface area contributed by atoms with Crippen LogP contribution in [0.4, 0.5) is 0 Å². The zero-order chi connectivity index (χ0) is 35.8. The molecule has 0 aliphatic carbocycles. The molecule has 0 bridgehead atoms. The molecule has 4 aliphatic rings. The molecule has 4 rings (SSSR count). The van der Waals surface area contributed by atoms with Crippen molar-refractivity contribution in [1.29, 1.82) is 0 Å². The van der Waals surface area contributed by atoms with Crippen molar-refractivity contribution in [1.82, 2.24) is 0 Å². The van der Waals surface area contributed by atoms with Gasteiger partial charge in [0.2, 0.25) is 0 Å². The van der Waals surface area contributed by atoms with Gasteiger partial charge in [-0.3, -0.25) is 4.52 Å². The van der Waals surface area contributed by atoms with Crippen molar-refractivity contribution in [2.24, 2.45) is 0 Å². The molecule has 24 nitrogen and oxygen atoms in total. The summed E-state index contributed by atoms with van der Waals surface area (Å²) in [6.45, 7) is -2.63. The molecule has 0 aromatic rings. The van der Waals surface area contributed by atoms with Crippen molar-refractivity contribution in [2.45, 2.75) is 117 Å². The van der Waals surface area contributed by atoms with Crippen LogP contribution in [-0.4, -0.2) is 214 Å². The van der Waals surface area contributed by atoms with Gasteiger partial charge in [0.25, 0.3) is 0 Å². The minimum atomic E-state index is -5.34. The van der Waals surface area contributed by atoms with Crippen LogP contribution in [-0.2, 0) is 47.0 Å². The molecule has 0 amide bonds. The Morgan fingerprint density at radius 3 is 1.52 bits per heavy atom. The average Bonchev–Trinajstić information content (AvgIpc) is 3.02. The van der Waals surface area contributed by atoms with Crippen LogP contribution in [0.2, 0.25) is 0 Å². The van der Waals surface area contributed by atoms with Crippen molar-refractivity contribution in [3.8, 4) is 0 Å². The molecular formula is C23H39O24P. The van der Waals surface area contributed by atoms with E-state index in [1.807, 2.05) is 0 Å². The second-order valence-corrected chi connectivity index (χ2v) is 12.5. The van der Waals surface area contributed by atoms with Crippen molar-refractivity contribution < 1.29 is 118 Å². The molecule has 48 heavy (non-hydrogen) atoms. The first-order chi connectivity index (χ1) is 22.4. The highest BCUT2D eigenvalue weighted by Crippen LogP contribution is 2.42. The molecule has 0 aromatic heterocycles. The minimum Gasteiger partial charge on any atom is -0.479 e. The fourth-order valence-corrected chi connectivity index (χ4v) is 6.03. The summed E-state index contributed by atoms with van der Waals surface area (Å²) in [7, 11) is -5.34. The average molecular weight is 731 g/mol. The number of hydrogen-bond donors (Lipinski definition) is 14. The number of phosphoric ester groups is 1. The summed E-state index contributed by atoms with van der Waals surface area (Å²) in [5, 5.41) is 123. The summed E-state index contributed by atoms with van der Waals surface area (Å²) in [5.74, 6) is -1.77. The summed E-state index contributed by atoms with van der Waals surface area (Å²) in [6.07, 6.45) is -38.1. The molecule has 0 radical (unpaired) electrons. The smallest absolute Gasteiger partial charge is 0.470 e. The molecule has 0 aromatic carbocycles. The van der Waals surface area contributed by atoms with E-state index in [-0.39, 0.29) is 0 Å². The van der Waals surface area contributed by atoms with Crippen LogP contribution in [0.3, 0.4) is 0 Å². The summed E-state index contributed by atoms with van der Waals surface area (Å²) in [6, 6.07) is 0. The molecule has 1 unspecified atom stereocenters. The summed E-state index contributed by atoms with van der Waals surface area (Å²) in [4.78, 5) is 29.9. The Kier molecular flexibility index (Phi) is 13.2. The number of ether oxygens (including phenoxy) is 7. The van der Waals surface area contributed by atoms with Gasteiger partial charge in [0.05, 0.1) is 19.8 Å². The Balaban J connectivity index is 1.55. The highest BCUT2D eigenvalue weighted by atomic mass is 31.2. The second-order valence-electron chi connectivity index (χ2n) is 11.3.